The molecule has 0 aromatic heterocycles. The molecular formula is C26H30N4O10S. The Bertz CT molecular complexity index is 1440. The van der Waals surface area contributed by atoms with Crippen LogP contribution in [0.5, 0.6) is 5.75 Å². The molecular weight excluding hydrogens is 560 g/mol. The number of hydrogen-bond donors (Lipinski definition) is 1. The van der Waals surface area contributed by atoms with Gasteiger partial charge >= 0.3 is 17.7 Å². The minimum Gasteiger partial charge on any atom is -0.480 e. The molecule has 2 amide bonds. The van der Waals surface area contributed by atoms with E-state index in [2.05, 4.69) is 0 Å². The molecule has 4 rings (SSSR count). The number of nitro groups is 1. The Hall–Kier alpha value is -4.08. The number of carbonyl (C=O) groups excluding carboxylic acids is 2. The van der Waals surface area contributed by atoms with Crippen LogP contribution in [-0.4, -0.2) is 90.6 Å². The second-order valence-electron chi connectivity index (χ2n) is 9.69. The van der Waals surface area contributed by atoms with Crippen LogP contribution in [0, 0.1) is 17.0 Å². The van der Waals surface area contributed by atoms with Crippen LogP contribution in [0.15, 0.2) is 47.4 Å². The monoisotopic (exact) mass is 590 g/mol. The van der Waals surface area contributed by atoms with Gasteiger partial charge in [0, 0.05) is 25.7 Å². The average molecular weight is 591 g/mol. The SMILES string of the molecule is Cc1ccc(S(=O)(=O)N2CCC[C@H]2C(=O)N(c2ccc(OC(=O)N3CCOCC3)c([N+](=O)[O-])c2)[C@@H](C)C(=O)O)cc1. The van der Waals surface area contributed by atoms with Gasteiger partial charge < -0.3 is 19.5 Å². The minimum atomic E-state index is -4.10. The fourth-order valence-electron chi connectivity index (χ4n) is 4.72. The highest BCUT2D eigenvalue weighted by atomic mass is 32.2. The van der Waals surface area contributed by atoms with E-state index in [0.717, 1.165) is 26.9 Å². The fraction of sp³-hybridized carbons (Fsp3) is 0.423. The van der Waals surface area contributed by atoms with Crippen molar-refractivity contribution in [2.75, 3.05) is 37.7 Å². The zero-order valence-electron chi connectivity index (χ0n) is 22.5. The summed E-state index contributed by atoms with van der Waals surface area (Å²) in [5.74, 6) is -2.65. The number of morpholine rings is 1. The van der Waals surface area contributed by atoms with Gasteiger partial charge in [-0.1, -0.05) is 17.7 Å². The van der Waals surface area contributed by atoms with Gasteiger partial charge in [-0.2, -0.15) is 4.31 Å². The Labute approximate surface area is 236 Å². The van der Waals surface area contributed by atoms with Crippen molar-refractivity contribution in [3.63, 3.8) is 0 Å². The molecule has 220 valence electrons. The third-order valence-corrected chi connectivity index (χ3v) is 8.90. The van der Waals surface area contributed by atoms with E-state index < -0.39 is 56.4 Å². The van der Waals surface area contributed by atoms with Crippen molar-refractivity contribution in [3.8, 4) is 5.75 Å². The first kappa shape index (κ1) is 29.9. The van der Waals surface area contributed by atoms with E-state index in [1.165, 1.54) is 30.0 Å². The molecule has 1 N–H and O–H groups in total. The van der Waals surface area contributed by atoms with Gasteiger partial charge in [0.15, 0.2) is 0 Å². The van der Waals surface area contributed by atoms with Crippen molar-refractivity contribution in [1.29, 1.82) is 0 Å². The van der Waals surface area contributed by atoms with Crippen molar-refractivity contribution in [1.82, 2.24) is 9.21 Å². The number of benzene rings is 2. The second-order valence-corrected chi connectivity index (χ2v) is 11.6. The van der Waals surface area contributed by atoms with E-state index in [9.17, 15) is 38.0 Å². The molecule has 2 heterocycles. The molecule has 15 heteroatoms. The van der Waals surface area contributed by atoms with E-state index in [0.29, 0.717) is 6.42 Å². The van der Waals surface area contributed by atoms with Crippen LogP contribution in [0.25, 0.3) is 0 Å². The zero-order valence-corrected chi connectivity index (χ0v) is 23.3. The molecule has 2 fully saturated rings. The Balaban J connectivity index is 1.67. The smallest absolute Gasteiger partial charge is 0.415 e. The average Bonchev–Trinajstić information content (AvgIpc) is 3.45. The number of aryl methyl sites for hydroxylation is 1. The fourth-order valence-corrected chi connectivity index (χ4v) is 6.37. The van der Waals surface area contributed by atoms with Crippen molar-refractivity contribution >= 4 is 39.4 Å². The number of hydrogen-bond acceptors (Lipinski definition) is 9. The van der Waals surface area contributed by atoms with Crippen molar-refractivity contribution in [2.45, 2.75) is 43.7 Å². The number of anilines is 1. The molecule has 0 aliphatic carbocycles. The van der Waals surface area contributed by atoms with E-state index in [-0.39, 0.29) is 49.9 Å². The molecule has 2 atom stereocenters. The molecule has 2 aliphatic heterocycles. The van der Waals surface area contributed by atoms with Gasteiger partial charge in [-0.15, -0.1) is 0 Å². The van der Waals surface area contributed by atoms with Gasteiger partial charge in [-0.05, 0) is 51.0 Å². The molecule has 0 spiro atoms. The summed E-state index contributed by atoms with van der Waals surface area (Å²) in [7, 11) is -4.10. The van der Waals surface area contributed by atoms with Gasteiger partial charge in [-0.3, -0.25) is 19.8 Å². The number of sulfonamides is 1. The first-order valence-corrected chi connectivity index (χ1v) is 14.3. The van der Waals surface area contributed by atoms with Crippen LogP contribution in [0.4, 0.5) is 16.2 Å². The summed E-state index contributed by atoms with van der Waals surface area (Å²) in [6.07, 6.45) is -0.337. The number of nitro benzene ring substituents is 1. The summed E-state index contributed by atoms with van der Waals surface area (Å²) in [5.41, 5.74) is 0.0116. The van der Waals surface area contributed by atoms with Crippen LogP contribution in [-0.2, 0) is 24.3 Å². The Morgan fingerprint density at radius 3 is 2.39 bits per heavy atom. The highest BCUT2D eigenvalue weighted by molar-refractivity contribution is 7.89. The maximum absolute atomic E-state index is 13.9. The van der Waals surface area contributed by atoms with Crippen LogP contribution in [0.2, 0.25) is 0 Å². The number of ether oxygens (including phenoxy) is 2. The maximum atomic E-state index is 13.9. The Morgan fingerprint density at radius 1 is 1.12 bits per heavy atom. The zero-order chi connectivity index (χ0) is 29.9. The summed E-state index contributed by atoms with van der Waals surface area (Å²) < 4.78 is 38.3. The van der Waals surface area contributed by atoms with E-state index in [1.807, 2.05) is 0 Å². The molecule has 14 nitrogen and oxygen atoms in total. The van der Waals surface area contributed by atoms with Gasteiger partial charge in [0.1, 0.15) is 12.1 Å². The number of aliphatic carboxylic acids is 1. The van der Waals surface area contributed by atoms with Crippen LogP contribution in [0.1, 0.15) is 25.3 Å². The molecule has 0 saturated carbocycles. The van der Waals surface area contributed by atoms with Gasteiger partial charge in [0.25, 0.3) is 0 Å². The number of nitrogens with zero attached hydrogens (tertiary/aromatic N) is 4. The van der Waals surface area contributed by atoms with Gasteiger partial charge in [-0.25, -0.2) is 18.0 Å². The molecule has 2 aromatic carbocycles. The molecule has 0 unspecified atom stereocenters. The third-order valence-electron chi connectivity index (χ3n) is 6.98. The van der Waals surface area contributed by atoms with Crippen molar-refractivity contribution < 1.29 is 42.3 Å². The molecule has 0 bridgehead atoms. The summed E-state index contributed by atoms with van der Waals surface area (Å²) >= 11 is 0. The maximum Gasteiger partial charge on any atom is 0.415 e. The number of rotatable bonds is 8. The number of amides is 2. The lowest BCUT2D eigenvalue weighted by Gasteiger charge is -2.32. The quantitative estimate of drug-likeness (QED) is 0.355. The lowest BCUT2D eigenvalue weighted by molar-refractivity contribution is -0.385. The third kappa shape index (κ3) is 6.31. The summed E-state index contributed by atoms with van der Waals surface area (Å²) in [6, 6.07) is 6.65. The predicted octanol–water partition coefficient (Wildman–Crippen LogP) is 2.39. The summed E-state index contributed by atoms with van der Waals surface area (Å²) in [5, 5.41) is 21.7. The van der Waals surface area contributed by atoms with Crippen molar-refractivity contribution in [2.24, 2.45) is 0 Å². The highest BCUT2D eigenvalue weighted by Gasteiger charge is 2.43. The van der Waals surface area contributed by atoms with Crippen LogP contribution in [0.3, 0.4) is 0 Å². The van der Waals surface area contributed by atoms with Gasteiger partial charge in [0.05, 0.1) is 28.7 Å². The van der Waals surface area contributed by atoms with E-state index in [1.54, 1.807) is 19.1 Å². The topological polar surface area (TPSA) is 177 Å². The van der Waals surface area contributed by atoms with Crippen molar-refractivity contribution in [3.05, 3.63) is 58.1 Å². The summed E-state index contributed by atoms with van der Waals surface area (Å²) in [6.45, 7) is 4.12. The van der Waals surface area contributed by atoms with Gasteiger partial charge in [0.2, 0.25) is 21.7 Å². The highest BCUT2D eigenvalue weighted by Crippen LogP contribution is 2.35. The first-order chi connectivity index (χ1) is 19.4. The number of carboxylic acids is 1. The van der Waals surface area contributed by atoms with Crippen LogP contribution >= 0.6 is 0 Å². The van der Waals surface area contributed by atoms with Crippen LogP contribution < -0.4 is 9.64 Å². The lowest BCUT2D eigenvalue weighted by Crippen LogP contribution is -2.52. The standard InChI is InChI=1S/C26H30N4O10S/c1-17-5-8-20(9-6-17)41(37,38)28-11-3-4-21(28)24(31)29(18(2)25(32)33)19-7-10-23(22(16-19)30(35)36)40-26(34)27-12-14-39-15-13-27/h5-10,16,18,21H,3-4,11-15H2,1-2H3,(H,32,33)/t18-,21-/m0/s1. The predicted molar refractivity (Wildman–Crippen MR) is 144 cm³/mol. The Morgan fingerprint density at radius 2 is 1.78 bits per heavy atom. The first-order valence-electron chi connectivity index (χ1n) is 12.9. The molecule has 2 aliphatic rings. The normalized spacial score (nSPS) is 18.5. The molecule has 2 aromatic rings. The largest absolute Gasteiger partial charge is 0.480 e. The second kappa shape index (κ2) is 12.2. The minimum absolute atomic E-state index is 0.0114. The Kier molecular flexibility index (Phi) is 8.89. The van der Waals surface area contributed by atoms with E-state index >= 15 is 0 Å². The molecule has 0 radical (unpaired) electrons. The lowest BCUT2D eigenvalue weighted by atomic mass is 10.1. The molecule has 2 saturated heterocycles. The number of carbonyl (C=O) groups is 3. The summed E-state index contributed by atoms with van der Waals surface area (Å²) in [4.78, 5) is 51.7. The van der Waals surface area contributed by atoms with E-state index in [4.69, 9.17) is 9.47 Å². The molecule has 41 heavy (non-hydrogen) atoms. The number of carboxylic acid groups (broad SMARTS) is 1.